The molecule has 0 aromatic carbocycles. The lowest BCUT2D eigenvalue weighted by Crippen LogP contribution is -2.44. The van der Waals surface area contributed by atoms with Crippen LogP contribution in [0.5, 0.6) is 0 Å². The first kappa shape index (κ1) is 17.6. The van der Waals surface area contributed by atoms with Crippen molar-refractivity contribution in [2.75, 3.05) is 13.1 Å². The predicted octanol–water partition coefficient (Wildman–Crippen LogP) is 4.37. The minimum atomic E-state index is -0.414. The number of carbonyl (C=O) groups is 1. The Morgan fingerprint density at radius 2 is 1.55 bits per heavy atom. The molecule has 1 saturated heterocycles. The van der Waals surface area contributed by atoms with Gasteiger partial charge in [-0.25, -0.2) is 4.79 Å². The Balaban J connectivity index is 1.68. The first-order valence-corrected chi connectivity index (χ1v) is 9.00. The standard InChI is InChI=1S/C18H33NO3/c1-5-14-6-8-15(9-7-14)21-16-10-12-19(13-11-16)17(20)22-18(2,3)4/h14-16H,5-13H2,1-4H3/t14-,15-. The molecule has 22 heavy (non-hydrogen) atoms. The van der Waals surface area contributed by atoms with E-state index in [9.17, 15) is 4.79 Å². The molecule has 4 nitrogen and oxygen atoms in total. The van der Waals surface area contributed by atoms with Crippen molar-refractivity contribution in [2.45, 2.75) is 90.4 Å². The van der Waals surface area contributed by atoms with Crippen LogP contribution in [0.4, 0.5) is 4.79 Å². The molecule has 0 bridgehead atoms. The van der Waals surface area contributed by atoms with Gasteiger partial charge in [-0.3, -0.25) is 0 Å². The van der Waals surface area contributed by atoms with Crippen molar-refractivity contribution in [3.8, 4) is 0 Å². The summed E-state index contributed by atoms with van der Waals surface area (Å²) in [7, 11) is 0. The molecule has 0 radical (unpaired) electrons. The molecule has 0 atom stereocenters. The van der Waals surface area contributed by atoms with E-state index in [4.69, 9.17) is 9.47 Å². The monoisotopic (exact) mass is 311 g/mol. The van der Waals surface area contributed by atoms with Crippen molar-refractivity contribution in [1.29, 1.82) is 0 Å². The maximum Gasteiger partial charge on any atom is 0.410 e. The highest BCUT2D eigenvalue weighted by molar-refractivity contribution is 5.68. The second kappa shape index (κ2) is 7.67. The number of nitrogens with zero attached hydrogens (tertiary/aromatic N) is 1. The lowest BCUT2D eigenvalue weighted by Gasteiger charge is -2.36. The summed E-state index contributed by atoms with van der Waals surface area (Å²) < 4.78 is 11.7. The van der Waals surface area contributed by atoms with Crippen LogP contribution in [0.15, 0.2) is 0 Å². The van der Waals surface area contributed by atoms with Gasteiger partial charge in [-0.2, -0.15) is 0 Å². The maximum absolute atomic E-state index is 12.0. The van der Waals surface area contributed by atoms with Gasteiger partial charge in [0.25, 0.3) is 0 Å². The first-order chi connectivity index (χ1) is 10.4. The Morgan fingerprint density at radius 3 is 2.05 bits per heavy atom. The second-order valence-electron chi connectivity index (χ2n) is 7.85. The summed E-state index contributed by atoms with van der Waals surface area (Å²) in [6.45, 7) is 9.53. The molecule has 0 N–H and O–H groups in total. The van der Waals surface area contributed by atoms with Gasteiger partial charge in [0, 0.05) is 13.1 Å². The molecule has 0 aromatic rings. The van der Waals surface area contributed by atoms with E-state index in [0.717, 1.165) is 31.8 Å². The molecule has 128 valence electrons. The van der Waals surface area contributed by atoms with E-state index in [-0.39, 0.29) is 6.09 Å². The maximum atomic E-state index is 12.0. The summed E-state index contributed by atoms with van der Waals surface area (Å²) in [5.41, 5.74) is -0.414. The number of hydrogen-bond acceptors (Lipinski definition) is 3. The van der Waals surface area contributed by atoms with Crippen LogP contribution in [0.1, 0.15) is 72.6 Å². The fourth-order valence-corrected chi connectivity index (χ4v) is 3.45. The van der Waals surface area contributed by atoms with E-state index in [1.807, 2.05) is 25.7 Å². The van der Waals surface area contributed by atoms with Gasteiger partial charge < -0.3 is 14.4 Å². The van der Waals surface area contributed by atoms with Gasteiger partial charge in [-0.15, -0.1) is 0 Å². The molecular weight excluding hydrogens is 278 g/mol. The van der Waals surface area contributed by atoms with Gasteiger partial charge in [0.1, 0.15) is 5.60 Å². The van der Waals surface area contributed by atoms with Crippen LogP contribution in [-0.2, 0) is 9.47 Å². The predicted molar refractivity (Wildman–Crippen MR) is 88.0 cm³/mol. The summed E-state index contributed by atoms with van der Waals surface area (Å²) in [4.78, 5) is 13.9. The summed E-state index contributed by atoms with van der Waals surface area (Å²) >= 11 is 0. The highest BCUT2D eigenvalue weighted by Gasteiger charge is 2.29. The van der Waals surface area contributed by atoms with Gasteiger partial charge in [-0.05, 0) is 65.2 Å². The smallest absolute Gasteiger partial charge is 0.410 e. The van der Waals surface area contributed by atoms with E-state index in [1.54, 1.807) is 0 Å². The molecule has 2 fully saturated rings. The molecule has 0 spiro atoms. The van der Waals surface area contributed by atoms with E-state index < -0.39 is 5.60 Å². The second-order valence-corrected chi connectivity index (χ2v) is 7.85. The third-order valence-electron chi connectivity index (χ3n) is 4.85. The third kappa shape index (κ3) is 5.45. The molecule has 1 amide bonds. The molecule has 4 heteroatoms. The quantitative estimate of drug-likeness (QED) is 0.777. The van der Waals surface area contributed by atoms with Crippen molar-refractivity contribution in [1.82, 2.24) is 4.90 Å². The van der Waals surface area contributed by atoms with Gasteiger partial charge in [-0.1, -0.05) is 13.3 Å². The van der Waals surface area contributed by atoms with E-state index >= 15 is 0 Å². The van der Waals surface area contributed by atoms with Crippen molar-refractivity contribution < 1.29 is 14.3 Å². The third-order valence-corrected chi connectivity index (χ3v) is 4.85. The normalized spacial score (nSPS) is 27.7. The Labute approximate surface area is 135 Å². The van der Waals surface area contributed by atoms with Crippen LogP contribution < -0.4 is 0 Å². The Bertz CT molecular complexity index is 348. The van der Waals surface area contributed by atoms with Crippen molar-refractivity contribution >= 4 is 6.09 Å². The minimum Gasteiger partial charge on any atom is -0.444 e. The average molecular weight is 311 g/mol. The average Bonchev–Trinajstić information content (AvgIpc) is 2.47. The highest BCUT2D eigenvalue weighted by atomic mass is 16.6. The summed E-state index contributed by atoms with van der Waals surface area (Å²) in [5.74, 6) is 0.911. The summed E-state index contributed by atoms with van der Waals surface area (Å²) in [6.07, 6.45) is 8.82. The van der Waals surface area contributed by atoms with Crippen LogP contribution in [0, 0.1) is 5.92 Å². The zero-order valence-electron chi connectivity index (χ0n) is 14.8. The van der Waals surface area contributed by atoms with Gasteiger partial charge in [0.05, 0.1) is 12.2 Å². The topological polar surface area (TPSA) is 38.8 Å². The molecule has 2 aliphatic rings. The lowest BCUT2D eigenvalue weighted by atomic mass is 9.85. The number of ether oxygens (including phenoxy) is 2. The number of likely N-dealkylation sites (tertiary alicyclic amines) is 1. The number of rotatable bonds is 3. The minimum absolute atomic E-state index is 0.186. The zero-order chi connectivity index (χ0) is 16.2. The molecule has 1 aliphatic carbocycles. The Kier molecular flexibility index (Phi) is 6.13. The zero-order valence-corrected chi connectivity index (χ0v) is 14.8. The summed E-state index contributed by atoms with van der Waals surface area (Å²) in [5, 5.41) is 0. The van der Waals surface area contributed by atoms with Crippen molar-refractivity contribution in [3.05, 3.63) is 0 Å². The fraction of sp³-hybridized carbons (Fsp3) is 0.944. The number of amides is 1. The lowest BCUT2D eigenvalue weighted by molar-refractivity contribution is -0.0626. The van der Waals surface area contributed by atoms with Crippen molar-refractivity contribution in [3.63, 3.8) is 0 Å². The number of piperidine rings is 1. The molecule has 1 saturated carbocycles. The van der Waals surface area contributed by atoms with Gasteiger partial charge >= 0.3 is 6.09 Å². The van der Waals surface area contributed by atoms with Crippen molar-refractivity contribution in [2.24, 2.45) is 5.92 Å². The molecule has 0 aromatic heterocycles. The van der Waals surface area contributed by atoms with Gasteiger partial charge in [0.15, 0.2) is 0 Å². The molecule has 1 aliphatic heterocycles. The Morgan fingerprint density at radius 1 is 1.00 bits per heavy atom. The Hall–Kier alpha value is -0.770. The first-order valence-electron chi connectivity index (χ1n) is 9.00. The van der Waals surface area contributed by atoms with Crippen LogP contribution >= 0.6 is 0 Å². The van der Waals surface area contributed by atoms with Crippen LogP contribution in [-0.4, -0.2) is 41.9 Å². The van der Waals surface area contributed by atoms with Gasteiger partial charge in [0.2, 0.25) is 0 Å². The molecule has 2 rings (SSSR count). The van der Waals surface area contributed by atoms with Crippen LogP contribution in [0.2, 0.25) is 0 Å². The SMILES string of the molecule is CC[C@H]1CC[C@H](OC2CCN(C(=O)OC(C)(C)C)CC2)CC1. The largest absolute Gasteiger partial charge is 0.444 e. The van der Waals surface area contributed by atoms with E-state index in [1.165, 1.54) is 32.1 Å². The van der Waals surface area contributed by atoms with E-state index in [2.05, 4.69) is 6.92 Å². The molecular formula is C18H33NO3. The summed E-state index contributed by atoms with van der Waals surface area (Å²) in [6, 6.07) is 0. The van der Waals surface area contributed by atoms with E-state index in [0.29, 0.717) is 12.2 Å². The number of hydrogen-bond donors (Lipinski definition) is 0. The van der Waals surface area contributed by atoms with Crippen LogP contribution in [0.25, 0.3) is 0 Å². The molecule has 1 heterocycles. The highest BCUT2D eigenvalue weighted by Crippen LogP contribution is 2.30. The van der Waals surface area contributed by atoms with Crippen LogP contribution in [0.3, 0.4) is 0 Å². The number of carbonyl (C=O) groups excluding carboxylic acids is 1. The fourth-order valence-electron chi connectivity index (χ4n) is 3.45. The molecule has 0 unspecified atom stereocenters.